The number of ether oxygens (including phenoxy) is 1. The fourth-order valence-corrected chi connectivity index (χ4v) is 2.56. The second kappa shape index (κ2) is 7.11. The molecule has 1 aliphatic rings. The van der Waals surface area contributed by atoms with E-state index in [2.05, 4.69) is 10.3 Å². The summed E-state index contributed by atoms with van der Waals surface area (Å²) in [6.07, 6.45) is -3.59. The minimum absolute atomic E-state index is 0.0434. The van der Waals surface area contributed by atoms with Crippen LogP contribution in [-0.4, -0.2) is 55.7 Å². The van der Waals surface area contributed by atoms with Crippen LogP contribution in [0.2, 0.25) is 0 Å². The zero-order valence-electron chi connectivity index (χ0n) is 13.0. The lowest BCUT2D eigenvalue weighted by Crippen LogP contribution is -2.36. The third-order valence-electron chi connectivity index (χ3n) is 3.90. The number of aliphatic hydroxyl groups excluding tert-OH is 3. The summed E-state index contributed by atoms with van der Waals surface area (Å²) in [7, 11) is 0. The first-order valence-corrected chi connectivity index (χ1v) is 7.59. The van der Waals surface area contributed by atoms with E-state index in [1.54, 1.807) is 30.3 Å². The summed E-state index contributed by atoms with van der Waals surface area (Å²) in [5.74, 6) is -0.375. The Morgan fingerprint density at radius 1 is 1.20 bits per heavy atom. The zero-order valence-corrected chi connectivity index (χ0v) is 13.0. The van der Waals surface area contributed by atoms with Crippen molar-refractivity contribution >= 4 is 11.7 Å². The van der Waals surface area contributed by atoms with Crippen LogP contribution in [0.15, 0.2) is 47.4 Å². The molecule has 2 aromatic rings. The summed E-state index contributed by atoms with van der Waals surface area (Å²) in [6, 6.07) is 9.81. The quantitative estimate of drug-likeness (QED) is 0.563. The van der Waals surface area contributed by atoms with Gasteiger partial charge in [0.05, 0.1) is 6.61 Å². The Labute approximate surface area is 142 Å². The van der Waals surface area contributed by atoms with Crippen LogP contribution < -0.4 is 11.0 Å². The van der Waals surface area contributed by atoms with E-state index in [1.807, 2.05) is 0 Å². The SMILES string of the molecule is O=C(Nc1ccn([C@@H]2O[C@H](CO)[C@H](O)[C@H]2O)c(=O)n1)c1ccccc1. The monoisotopic (exact) mass is 347 g/mol. The van der Waals surface area contributed by atoms with Gasteiger partial charge in [0.1, 0.15) is 24.1 Å². The van der Waals surface area contributed by atoms with Crippen LogP contribution in [0.4, 0.5) is 5.82 Å². The van der Waals surface area contributed by atoms with Gasteiger partial charge >= 0.3 is 5.69 Å². The molecule has 1 saturated heterocycles. The van der Waals surface area contributed by atoms with Crippen LogP contribution in [0, 0.1) is 0 Å². The number of rotatable bonds is 4. The highest BCUT2D eigenvalue weighted by Gasteiger charge is 2.43. The van der Waals surface area contributed by atoms with Crippen molar-refractivity contribution in [1.29, 1.82) is 0 Å². The van der Waals surface area contributed by atoms with E-state index >= 15 is 0 Å². The first kappa shape index (κ1) is 17.2. The summed E-state index contributed by atoms with van der Waals surface area (Å²) < 4.78 is 6.27. The second-order valence-corrected chi connectivity index (χ2v) is 5.55. The van der Waals surface area contributed by atoms with E-state index in [1.165, 1.54) is 12.3 Å². The van der Waals surface area contributed by atoms with Gasteiger partial charge in [0.15, 0.2) is 6.23 Å². The smallest absolute Gasteiger partial charge is 0.351 e. The number of aliphatic hydroxyl groups is 3. The number of aromatic nitrogens is 2. The van der Waals surface area contributed by atoms with Gasteiger partial charge in [0, 0.05) is 11.8 Å². The Hall–Kier alpha value is -2.59. The maximum atomic E-state index is 12.2. The number of carbonyl (C=O) groups excluding carboxylic acids is 1. The zero-order chi connectivity index (χ0) is 18.0. The van der Waals surface area contributed by atoms with Gasteiger partial charge in [-0.25, -0.2) is 4.79 Å². The van der Waals surface area contributed by atoms with Gasteiger partial charge < -0.3 is 25.4 Å². The van der Waals surface area contributed by atoms with Gasteiger partial charge in [0.25, 0.3) is 5.91 Å². The van der Waals surface area contributed by atoms with Gasteiger partial charge in [-0.3, -0.25) is 9.36 Å². The Bertz CT molecular complexity index is 809. The minimum Gasteiger partial charge on any atom is -0.394 e. The lowest BCUT2D eigenvalue weighted by molar-refractivity contribution is -0.0549. The number of hydrogen-bond donors (Lipinski definition) is 4. The van der Waals surface area contributed by atoms with E-state index in [0.717, 1.165) is 4.57 Å². The average molecular weight is 347 g/mol. The van der Waals surface area contributed by atoms with Gasteiger partial charge in [0.2, 0.25) is 0 Å². The Kier molecular flexibility index (Phi) is 4.91. The molecule has 1 amide bonds. The predicted octanol–water partition coefficient (Wildman–Crippen LogP) is -0.893. The van der Waals surface area contributed by atoms with Crippen LogP contribution in [0.25, 0.3) is 0 Å². The summed E-state index contributed by atoms with van der Waals surface area (Å²) in [5.41, 5.74) is -0.363. The molecule has 1 aliphatic heterocycles. The number of nitrogens with one attached hydrogen (secondary N) is 1. The molecule has 4 N–H and O–H groups in total. The molecule has 1 fully saturated rings. The maximum absolute atomic E-state index is 12.2. The summed E-state index contributed by atoms with van der Waals surface area (Å²) >= 11 is 0. The first-order valence-electron chi connectivity index (χ1n) is 7.59. The molecule has 4 atom stereocenters. The van der Waals surface area contributed by atoms with E-state index in [9.17, 15) is 19.8 Å². The number of carbonyl (C=O) groups is 1. The van der Waals surface area contributed by atoms with Crippen LogP contribution in [-0.2, 0) is 4.74 Å². The fourth-order valence-electron chi connectivity index (χ4n) is 2.56. The van der Waals surface area contributed by atoms with Crippen LogP contribution in [0.1, 0.15) is 16.6 Å². The lowest BCUT2D eigenvalue weighted by Gasteiger charge is -2.17. The fraction of sp³-hybridized carbons (Fsp3) is 0.312. The molecule has 0 spiro atoms. The molecule has 9 nitrogen and oxygen atoms in total. The van der Waals surface area contributed by atoms with Crippen LogP contribution in [0.3, 0.4) is 0 Å². The largest absolute Gasteiger partial charge is 0.394 e. The topological polar surface area (TPSA) is 134 Å². The normalized spacial score (nSPS) is 25.7. The molecule has 1 aromatic heterocycles. The highest BCUT2D eigenvalue weighted by atomic mass is 16.6. The molecule has 0 saturated carbocycles. The van der Waals surface area contributed by atoms with Crippen molar-refractivity contribution in [1.82, 2.24) is 9.55 Å². The van der Waals surface area contributed by atoms with Crippen molar-refractivity contribution in [3.63, 3.8) is 0 Å². The Morgan fingerprint density at radius 3 is 2.52 bits per heavy atom. The lowest BCUT2D eigenvalue weighted by atomic mass is 10.1. The summed E-state index contributed by atoms with van der Waals surface area (Å²) in [5, 5.41) is 31.3. The van der Waals surface area contributed by atoms with Crippen LogP contribution >= 0.6 is 0 Å². The molecule has 3 rings (SSSR count). The number of amides is 1. The molecule has 132 valence electrons. The number of nitrogens with zero attached hydrogens (tertiary/aromatic N) is 2. The molecule has 9 heteroatoms. The highest BCUT2D eigenvalue weighted by Crippen LogP contribution is 2.28. The molecule has 1 aromatic carbocycles. The Balaban J connectivity index is 1.78. The molecule has 0 radical (unpaired) electrons. The molecule has 25 heavy (non-hydrogen) atoms. The minimum atomic E-state index is -1.39. The molecular weight excluding hydrogens is 330 g/mol. The summed E-state index contributed by atoms with van der Waals surface area (Å²) in [4.78, 5) is 27.9. The van der Waals surface area contributed by atoms with Gasteiger partial charge in [-0.05, 0) is 18.2 Å². The van der Waals surface area contributed by atoms with Crippen molar-refractivity contribution in [2.45, 2.75) is 24.5 Å². The molecular formula is C16H17N3O6. The van der Waals surface area contributed by atoms with E-state index in [-0.39, 0.29) is 5.82 Å². The Morgan fingerprint density at radius 2 is 1.92 bits per heavy atom. The predicted molar refractivity (Wildman–Crippen MR) is 85.9 cm³/mol. The summed E-state index contributed by atoms with van der Waals surface area (Å²) in [6.45, 7) is -0.498. The van der Waals surface area contributed by atoms with E-state index < -0.39 is 42.7 Å². The second-order valence-electron chi connectivity index (χ2n) is 5.55. The van der Waals surface area contributed by atoms with Gasteiger partial charge in [-0.15, -0.1) is 0 Å². The maximum Gasteiger partial charge on any atom is 0.351 e. The van der Waals surface area contributed by atoms with Crippen molar-refractivity contribution in [3.8, 4) is 0 Å². The van der Waals surface area contributed by atoms with Crippen molar-refractivity contribution < 1.29 is 24.9 Å². The van der Waals surface area contributed by atoms with Crippen LogP contribution in [0.5, 0.6) is 0 Å². The molecule has 0 unspecified atom stereocenters. The van der Waals surface area contributed by atoms with Crippen molar-refractivity contribution in [3.05, 3.63) is 58.6 Å². The molecule has 2 heterocycles. The van der Waals surface area contributed by atoms with Crippen molar-refractivity contribution in [2.24, 2.45) is 0 Å². The number of benzene rings is 1. The highest BCUT2D eigenvalue weighted by molar-refractivity contribution is 6.03. The number of anilines is 1. The standard InChI is InChI=1S/C16H17N3O6/c20-8-10-12(21)13(22)15(25-10)19-7-6-11(18-16(19)24)17-14(23)9-4-2-1-3-5-9/h1-7,10,12-13,15,20-22H,8H2,(H,17,18,23,24)/t10-,12+,13-,15-/m1/s1. The third-order valence-corrected chi connectivity index (χ3v) is 3.90. The number of hydrogen-bond acceptors (Lipinski definition) is 7. The molecule has 0 aliphatic carbocycles. The van der Waals surface area contributed by atoms with E-state index in [4.69, 9.17) is 9.84 Å². The molecule has 0 bridgehead atoms. The van der Waals surface area contributed by atoms with Gasteiger partial charge in [-0.1, -0.05) is 18.2 Å². The first-order chi connectivity index (χ1) is 12.0. The van der Waals surface area contributed by atoms with Gasteiger partial charge in [-0.2, -0.15) is 4.98 Å². The third kappa shape index (κ3) is 3.44. The average Bonchev–Trinajstić information content (AvgIpc) is 2.91. The van der Waals surface area contributed by atoms with Crippen molar-refractivity contribution in [2.75, 3.05) is 11.9 Å². The van der Waals surface area contributed by atoms with E-state index in [0.29, 0.717) is 5.56 Å².